The van der Waals surface area contributed by atoms with Gasteiger partial charge in [0.05, 0.1) is 0 Å². The van der Waals surface area contributed by atoms with Gasteiger partial charge in [-0.3, -0.25) is 9.80 Å². The molecule has 1 N–H and O–H groups in total. The van der Waals surface area contributed by atoms with E-state index in [2.05, 4.69) is 40.2 Å². The average molecular weight is 308 g/mol. The molecule has 4 heteroatoms. The van der Waals surface area contributed by atoms with Gasteiger partial charge in [-0.2, -0.15) is 0 Å². The molecule has 0 aliphatic carbocycles. The molecule has 3 aliphatic rings. The normalized spacial score (nSPS) is 29.5. The van der Waals surface area contributed by atoms with Gasteiger partial charge < -0.3 is 5.32 Å². The highest BCUT2D eigenvalue weighted by Gasteiger charge is 2.36. The summed E-state index contributed by atoms with van der Waals surface area (Å²) in [7, 11) is 0. The van der Waals surface area contributed by atoms with Gasteiger partial charge in [0, 0.05) is 49.8 Å². The van der Waals surface area contributed by atoms with Gasteiger partial charge in [0.2, 0.25) is 0 Å². The Bertz CT molecular complexity index is 457. The fraction of sp³-hybridized carbons (Fsp3) is 0.647. The third kappa shape index (κ3) is 3.78. The lowest BCUT2D eigenvalue weighted by Gasteiger charge is -2.50. The van der Waals surface area contributed by atoms with E-state index in [1.165, 1.54) is 44.7 Å². The second-order valence-corrected chi connectivity index (χ2v) is 6.74. The fourth-order valence-electron chi connectivity index (χ4n) is 3.63. The largest absolute Gasteiger partial charge is 0.312 e. The molecule has 0 saturated carbocycles. The maximum absolute atomic E-state index is 6.14. The number of fused-ring (bicyclic) bond motifs is 3. The van der Waals surface area contributed by atoms with E-state index < -0.39 is 0 Å². The summed E-state index contributed by atoms with van der Waals surface area (Å²) in [6.07, 6.45) is 2.25. The zero-order chi connectivity index (χ0) is 14.7. The minimum atomic E-state index is 0.520. The fourth-order valence-corrected chi connectivity index (χ4v) is 3.84. The molecule has 3 aliphatic heterocycles. The van der Waals surface area contributed by atoms with Crippen molar-refractivity contribution in [3.05, 3.63) is 34.9 Å². The summed E-state index contributed by atoms with van der Waals surface area (Å²) in [4.78, 5) is 5.29. The van der Waals surface area contributed by atoms with Crippen molar-refractivity contribution in [3.63, 3.8) is 0 Å². The SMILES string of the molecule is CCCNC(Cc1cccc(Cl)c1)C1CN2CCN1CC2. The summed E-state index contributed by atoms with van der Waals surface area (Å²) in [6, 6.07) is 9.48. The Morgan fingerprint density at radius 3 is 2.71 bits per heavy atom. The van der Waals surface area contributed by atoms with E-state index in [-0.39, 0.29) is 0 Å². The van der Waals surface area contributed by atoms with Gasteiger partial charge >= 0.3 is 0 Å². The third-order valence-corrected chi connectivity index (χ3v) is 5.02. The lowest BCUT2D eigenvalue weighted by Crippen LogP contribution is -2.66. The number of nitrogens with zero attached hydrogens (tertiary/aromatic N) is 2. The molecular formula is C17H26ClN3. The number of nitrogens with one attached hydrogen (secondary N) is 1. The van der Waals surface area contributed by atoms with Crippen molar-refractivity contribution in [2.75, 3.05) is 39.3 Å². The summed E-state index contributed by atoms with van der Waals surface area (Å²) >= 11 is 6.14. The van der Waals surface area contributed by atoms with Crippen LogP contribution in [0.1, 0.15) is 18.9 Å². The summed E-state index contributed by atoms with van der Waals surface area (Å²) < 4.78 is 0. The van der Waals surface area contributed by atoms with E-state index in [1.54, 1.807) is 0 Å². The summed E-state index contributed by atoms with van der Waals surface area (Å²) in [5, 5.41) is 4.62. The van der Waals surface area contributed by atoms with Crippen LogP contribution >= 0.6 is 11.6 Å². The quantitative estimate of drug-likeness (QED) is 0.869. The van der Waals surface area contributed by atoms with Crippen molar-refractivity contribution in [2.45, 2.75) is 31.8 Å². The standard InChI is InChI=1S/C17H26ClN3/c1-2-6-19-16(12-14-4-3-5-15(18)11-14)17-13-20-7-9-21(17)10-8-20/h3-5,11,16-17,19H,2,6-10,12-13H2,1H3. The molecule has 3 heterocycles. The topological polar surface area (TPSA) is 18.5 Å². The van der Waals surface area contributed by atoms with E-state index in [0.29, 0.717) is 12.1 Å². The van der Waals surface area contributed by atoms with Crippen molar-refractivity contribution >= 4 is 11.6 Å². The Balaban J connectivity index is 1.71. The summed E-state index contributed by atoms with van der Waals surface area (Å²) in [6.45, 7) is 9.48. The maximum atomic E-state index is 6.14. The van der Waals surface area contributed by atoms with Crippen molar-refractivity contribution in [3.8, 4) is 0 Å². The van der Waals surface area contributed by atoms with Crippen molar-refractivity contribution in [1.82, 2.24) is 15.1 Å². The van der Waals surface area contributed by atoms with Crippen LogP contribution in [0, 0.1) is 0 Å². The number of rotatable bonds is 6. The molecule has 0 amide bonds. The van der Waals surface area contributed by atoms with E-state index in [0.717, 1.165) is 18.0 Å². The lowest BCUT2D eigenvalue weighted by molar-refractivity contribution is -0.00309. The molecule has 1 aromatic carbocycles. The number of benzene rings is 1. The molecule has 3 saturated heterocycles. The average Bonchev–Trinajstić information content (AvgIpc) is 2.52. The number of piperazine rings is 3. The highest BCUT2D eigenvalue weighted by molar-refractivity contribution is 6.30. The Labute approximate surface area is 133 Å². The van der Waals surface area contributed by atoms with Crippen LogP contribution in [0.5, 0.6) is 0 Å². The zero-order valence-electron chi connectivity index (χ0n) is 12.9. The van der Waals surface area contributed by atoms with Crippen LogP contribution in [0.15, 0.2) is 24.3 Å². The Kier molecular flexibility index (Phi) is 5.17. The molecule has 2 bridgehead atoms. The molecular weight excluding hydrogens is 282 g/mol. The van der Waals surface area contributed by atoms with Gasteiger partial charge in [0.1, 0.15) is 0 Å². The minimum absolute atomic E-state index is 0.520. The molecule has 21 heavy (non-hydrogen) atoms. The second-order valence-electron chi connectivity index (χ2n) is 6.30. The van der Waals surface area contributed by atoms with Crippen LogP contribution in [0.3, 0.4) is 0 Å². The minimum Gasteiger partial charge on any atom is -0.312 e. The molecule has 0 radical (unpaired) electrons. The molecule has 0 spiro atoms. The van der Waals surface area contributed by atoms with Gasteiger partial charge in [-0.05, 0) is 37.1 Å². The zero-order valence-corrected chi connectivity index (χ0v) is 13.6. The molecule has 2 atom stereocenters. The Morgan fingerprint density at radius 2 is 2.10 bits per heavy atom. The van der Waals surface area contributed by atoms with Crippen molar-refractivity contribution in [2.24, 2.45) is 0 Å². The van der Waals surface area contributed by atoms with Crippen LogP contribution in [-0.4, -0.2) is 61.2 Å². The van der Waals surface area contributed by atoms with Crippen LogP contribution < -0.4 is 5.32 Å². The highest BCUT2D eigenvalue weighted by atomic mass is 35.5. The molecule has 116 valence electrons. The highest BCUT2D eigenvalue weighted by Crippen LogP contribution is 2.21. The van der Waals surface area contributed by atoms with Gasteiger partial charge in [0.25, 0.3) is 0 Å². The lowest BCUT2D eigenvalue weighted by atomic mass is 9.94. The molecule has 3 fully saturated rings. The van der Waals surface area contributed by atoms with Crippen LogP contribution in [-0.2, 0) is 6.42 Å². The van der Waals surface area contributed by atoms with Crippen LogP contribution in [0.4, 0.5) is 0 Å². The summed E-state index contributed by atoms with van der Waals surface area (Å²) in [5.41, 5.74) is 1.34. The Hall–Kier alpha value is -0.610. The van der Waals surface area contributed by atoms with Gasteiger partial charge in [-0.15, -0.1) is 0 Å². The second kappa shape index (κ2) is 7.10. The van der Waals surface area contributed by atoms with Crippen LogP contribution in [0.2, 0.25) is 5.02 Å². The smallest absolute Gasteiger partial charge is 0.0408 e. The predicted molar refractivity (Wildman–Crippen MR) is 89.0 cm³/mol. The number of hydrogen-bond acceptors (Lipinski definition) is 3. The molecule has 2 unspecified atom stereocenters. The molecule has 1 aromatic rings. The first-order valence-electron chi connectivity index (χ1n) is 8.20. The molecule has 4 rings (SSSR count). The molecule has 0 aromatic heterocycles. The first kappa shape index (κ1) is 15.3. The van der Waals surface area contributed by atoms with Gasteiger partial charge in [0.15, 0.2) is 0 Å². The number of hydrogen-bond donors (Lipinski definition) is 1. The first-order chi connectivity index (χ1) is 10.3. The maximum Gasteiger partial charge on any atom is 0.0408 e. The van der Waals surface area contributed by atoms with E-state index in [9.17, 15) is 0 Å². The predicted octanol–water partition coefficient (Wildman–Crippen LogP) is 2.25. The molecule has 3 nitrogen and oxygen atoms in total. The number of halogens is 1. The summed E-state index contributed by atoms with van der Waals surface area (Å²) in [5.74, 6) is 0. The van der Waals surface area contributed by atoms with Crippen molar-refractivity contribution < 1.29 is 0 Å². The first-order valence-corrected chi connectivity index (χ1v) is 8.58. The van der Waals surface area contributed by atoms with Crippen molar-refractivity contribution in [1.29, 1.82) is 0 Å². The van der Waals surface area contributed by atoms with Gasteiger partial charge in [-0.25, -0.2) is 0 Å². The monoisotopic (exact) mass is 307 g/mol. The van der Waals surface area contributed by atoms with Gasteiger partial charge in [-0.1, -0.05) is 30.7 Å². The van der Waals surface area contributed by atoms with E-state index in [4.69, 9.17) is 11.6 Å². The Morgan fingerprint density at radius 1 is 1.29 bits per heavy atom. The van der Waals surface area contributed by atoms with E-state index >= 15 is 0 Å². The van der Waals surface area contributed by atoms with E-state index in [1.807, 2.05) is 6.07 Å². The van der Waals surface area contributed by atoms with Crippen LogP contribution in [0.25, 0.3) is 0 Å². The third-order valence-electron chi connectivity index (χ3n) is 4.79.